The predicted octanol–water partition coefficient (Wildman–Crippen LogP) is 1.37. The molecular weight excluding hydrogens is 230 g/mol. The van der Waals surface area contributed by atoms with Crippen LogP contribution in [0.1, 0.15) is 27.4 Å². The molecule has 1 aromatic heterocycles. The van der Waals surface area contributed by atoms with Gasteiger partial charge in [0.15, 0.2) is 0 Å². The van der Waals surface area contributed by atoms with E-state index >= 15 is 0 Å². The average molecular weight is 245 g/mol. The molecule has 1 aromatic carbocycles. The number of nitrogens with one attached hydrogen (secondary N) is 1. The number of nitrogens with zero attached hydrogens (tertiary/aromatic N) is 1. The monoisotopic (exact) mass is 245 g/mol. The van der Waals surface area contributed by atoms with Gasteiger partial charge in [-0.1, -0.05) is 17.3 Å². The first-order chi connectivity index (χ1) is 8.69. The maximum atomic E-state index is 11.8. The molecule has 0 aliphatic carbocycles. The highest BCUT2D eigenvalue weighted by Gasteiger charge is 2.06. The van der Waals surface area contributed by atoms with Gasteiger partial charge < -0.3 is 15.6 Å². The first-order valence-electron chi connectivity index (χ1n) is 5.68. The third-order valence-electron chi connectivity index (χ3n) is 2.56. The zero-order chi connectivity index (χ0) is 13.0. The van der Waals surface area contributed by atoms with Crippen molar-refractivity contribution in [2.75, 3.05) is 0 Å². The minimum atomic E-state index is -0.140. The standard InChI is InChI=1S/C13H15N3O2/c1-9-6-12(16-18-9)8-15-13(17)11-4-2-10(7-14)3-5-11/h2-6H,7-8,14H2,1H3,(H,15,17). The molecule has 1 amide bonds. The fourth-order valence-electron chi connectivity index (χ4n) is 1.57. The van der Waals surface area contributed by atoms with Crippen molar-refractivity contribution in [3.63, 3.8) is 0 Å². The molecule has 18 heavy (non-hydrogen) atoms. The Morgan fingerprint density at radius 2 is 2.11 bits per heavy atom. The Bertz CT molecular complexity index is 531. The van der Waals surface area contributed by atoms with Crippen molar-refractivity contribution in [1.29, 1.82) is 0 Å². The summed E-state index contributed by atoms with van der Waals surface area (Å²) in [6, 6.07) is 8.99. The Balaban J connectivity index is 1.94. The van der Waals surface area contributed by atoms with E-state index in [1.165, 1.54) is 0 Å². The Labute approximate surface area is 105 Å². The molecule has 0 radical (unpaired) electrons. The Hall–Kier alpha value is -2.14. The Morgan fingerprint density at radius 1 is 1.39 bits per heavy atom. The average Bonchev–Trinajstić information content (AvgIpc) is 2.82. The third kappa shape index (κ3) is 2.95. The number of rotatable bonds is 4. The molecule has 0 fully saturated rings. The van der Waals surface area contributed by atoms with Crippen LogP contribution < -0.4 is 11.1 Å². The maximum Gasteiger partial charge on any atom is 0.251 e. The van der Waals surface area contributed by atoms with Crippen LogP contribution in [0.3, 0.4) is 0 Å². The van der Waals surface area contributed by atoms with Crippen molar-refractivity contribution in [3.8, 4) is 0 Å². The Kier molecular flexibility index (Phi) is 3.74. The number of amides is 1. The summed E-state index contributed by atoms with van der Waals surface area (Å²) in [7, 11) is 0. The number of benzene rings is 1. The fraction of sp³-hybridized carbons (Fsp3) is 0.231. The van der Waals surface area contributed by atoms with Crippen LogP contribution in [0, 0.1) is 6.92 Å². The van der Waals surface area contributed by atoms with Crippen molar-refractivity contribution in [2.24, 2.45) is 5.73 Å². The van der Waals surface area contributed by atoms with Crippen LogP contribution in [0.25, 0.3) is 0 Å². The molecule has 5 heteroatoms. The van der Waals surface area contributed by atoms with Crippen LogP contribution in [0.15, 0.2) is 34.9 Å². The van der Waals surface area contributed by atoms with E-state index in [9.17, 15) is 4.79 Å². The summed E-state index contributed by atoms with van der Waals surface area (Å²) < 4.78 is 4.92. The van der Waals surface area contributed by atoms with Gasteiger partial charge in [-0.2, -0.15) is 0 Å². The summed E-state index contributed by atoms with van der Waals surface area (Å²) in [5, 5.41) is 6.58. The molecule has 2 rings (SSSR count). The van der Waals surface area contributed by atoms with E-state index in [-0.39, 0.29) is 5.91 Å². The van der Waals surface area contributed by atoms with Gasteiger partial charge in [-0.15, -0.1) is 0 Å². The van der Waals surface area contributed by atoms with E-state index in [1.807, 2.05) is 19.1 Å². The van der Waals surface area contributed by atoms with Crippen molar-refractivity contribution < 1.29 is 9.32 Å². The molecule has 0 saturated carbocycles. The molecule has 0 spiro atoms. The lowest BCUT2D eigenvalue weighted by atomic mass is 10.1. The topological polar surface area (TPSA) is 81.2 Å². The van der Waals surface area contributed by atoms with Gasteiger partial charge in [0.1, 0.15) is 11.5 Å². The van der Waals surface area contributed by atoms with E-state index in [2.05, 4.69) is 10.5 Å². The molecule has 0 bridgehead atoms. The number of aryl methyl sites for hydroxylation is 1. The number of hydrogen-bond donors (Lipinski definition) is 2. The summed E-state index contributed by atoms with van der Waals surface area (Å²) >= 11 is 0. The second-order valence-corrected chi connectivity index (χ2v) is 4.01. The number of aromatic nitrogens is 1. The van der Waals surface area contributed by atoms with E-state index in [0.717, 1.165) is 11.3 Å². The van der Waals surface area contributed by atoms with E-state index in [4.69, 9.17) is 10.3 Å². The first-order valence-corrected chi connectivity index (χ1v) is 5.68. The lowest BCUT2D eigenvalue weighted by Crippen LogP contribution is -2.22. The summed E-state index contributed by atoms with van der Waals surface area (Å²) in [6.45, 7) is 2.64. The van der Waals surface area contributed by atoms with Crippen molar-refractivity contribution >= 4 is 5.91 Å². The maximum absolute atomic E-state index is 11.8. The van der Waals surface area contributed by atoms with Crippen LogP contribution in [0.4, 0.5) is 0 Å². The molecule has 3 N–H and O–H groups in total. The molecule has 94 valence electrons. The second-order valence-electron chi connectivity index (χ2n) is 4.01. The van der Waals surface area contributed by atoms with Crippen LogP contribution in [0.5, 0.6) is 0 Å². The van der Waals surface area contributed by atoms with E-state index in [1.54, 1.807) is 18.2 Å². The zero-order valence-corrected chi connectivity index (χ0v) is 10.1. The van der Waals surface area contributed by atoms with Gasteiger partial charge in [0.2, 0.25) is 0 Å². The molecular formula is C13H15N3O2. The molecule has 0 unspecified atom stereocenters. The van der Waals surface area contributed by atoms with E-state index < -0.39 is 0 Å². The van der Waals surface area contributed by atoms with Gasteiger partial charge in [0.25, 0.3) is 5.91 Å². The molecule has 1 heterocycles. The highest BCUT2D eigenvalue weighted by molar-refractivity contribution is 5.94. The first kappa shape index (κ1) is 12.3. The van der Waals surface area contributed by atoms with Crippen LogP contribution in [-0.2, 0) is 13.1 Å². The lowest BCUT2D eigenvalue weighted by Gasteiger charge is -2.03. The van der Waals surface area contributed by atoms with Crippen LogP contribution in [0.2, 0.25) is 0 Å². The molecule has 0 saturated heterocycles. The number of hydrogen-bond acceptors (Lipinski definition) is 4. The highest BCUT2D eigenvalue weighted by atomic mass is 16.5. The summed E-state index contributed by atoms with van der Waals surface area (Å²) in [5.74, 6) is 0.589. The largest absolute Gasteiger partial charge is 0.361 e. The van der Waals surface area contributed by atoms with Crippen molar-refractivity contribution in [1.82, 2.24) is 10.5 Å². The van der Waals surface area contributed by atoms with Gasteiger partial charge in [-0.25, -0.2) is 0 Å². The number of carbonyl (C=O) groups is 1. The van der Waals surface area contributed by atoms with Gasteiger partial charge in [0, 0.05) is 18.2 Å². The smallest absolute Gasteiger partial charge is 0.251 e. The molecule has 0 aliphatic rings. The second kappa shape index (κ2) is 5.46. The summed E-state index contributed by atoms with van der Waals surface area (Å²) in [4.78, 5) is 11.8. The fourth-order valence-corrected chi connectivity index (χ4v) is 1.57. The van der Waals surface area contributed by atoms with Crippen molar-refractivity contribution in [3.05, 3.63) is 52.9 Å². The van der Waals surface area contributed by atoms with Gasteiger partial charge in [-0.05, 0) is 24.6 Å². The molecule has 0 atom stereocenters. The molecule has 5 nitrogen and oxygen atoms in total. The van der Waals surface area contributed by atoms with Crippen LogP contribution >= 0.6 is 0 Å². The normalized spacial score (nSPS) is 10.3. The van der Waals surface area contributed by atoms with Crippen molar-refractivity contribution in [2.45, 2.75) is 20.0 Å². The van der Waals surface area contributed by atoms with E-state index in [0.29, 0.717) is 24.3 Å². The number of nitrogens with two attached hydrogens (primary N) is 1. The van der Waals surface area contributed by atoms with Gasteiger partial charge >= 0.3 is 0 Å². The van der Waals surface area contributed by atoms with Gasteiger partial charge in [-0.3, -0.25) is 4.79 Å². The summed E-state index contributed by atoms with van der Waals surface area (Å²) in [6.07, 6.45) is 0. The molecule has 0 aliphatic heterocycles. The lowest BCUT2D eigenvalue weighted by molar-refractivity contribution is 0.0950. The SMILES string of the molecule is Cc1cc(CNC(=O)c2ccc(CN)cc2)no1. The minimum Gasteiger partial charge on any atom is -0.361 e. The quantitative estimate of drug-likeness (QED) is 0.852. The Morgan fingerprint density at radius 3 is 2.67 bits per heavy atom. The minimum absolute atomic E-state index is 0.140. The molecule has 2 aromatic rings. The number of carbonyl (C=O) groups excluding carboxylic acids is 1. The summed E-state index contributed by atoms with van der Waals surface area (Å²) in [5.41, 5.74) is 7.80. The third-order valence-corrected chi connectivity index (χ3v) is 2.56. The van der Waals surface area contributed by atoms with Crippen LogP contribution in [-0.4, -0.2) is 11.1 Å². The highest BCUT2D eigenvalue weighted by Crippen LogP contribution is 2.05. The predicted molar refractivity (Wildman–Crippen MR) is 66.7 cm³/mol. The zero-order valence-electron chi connectivity index (χ0n) is 10.1. The van der Waals surface area contributed by atoms with Gasteiger partial charge in [0.05, 0.1) is 6.54 Å².